The van der Waals surface area contributed by atoms with Crippen LogP contribution in [-0.4, -0.2) is 42.4 Å². The predicted molar refractivity (Wildman–Crippen MR) is 72.8 cm³/mol. The average molecular weight is 288 g/mol. The minimum absolute atomic E-state index is 0.361. The van der Waals surface area contributed by atoms with Gasteiger partial charge in [0.2, 0.25) is 0 Å². The molecule has 1 aliphatic heterocycles. The Bertz CT molecular complexity index is 428. The van der Waals surface area contributed by atoms with Crippen molar-refractivity contribution in [2.24, 2.45) is 0 Å². The highest BCUT2D eigenvalue weighted by molar-refractivity contribution is 6.31. The summed E-state index contributed by atoms with van der Waals surface area (Å²) in [6.07, 6.45) is -0.203. The fraction of sp³-hybridized carbons (Fsp3) is 0.571. The molecule has 0 bridgehead atoms. The minimum atomic E-state index is -0.900. The van der Waals surface area contributed by atoms with E-state index in [2.05, 4.69) is 11.8 Å². The normalized spacial score (nSPS) is 22.4. The van der Waals surface area contributed by atoms with E-state index in [4.69, 9.17) is 16.3 Å². The van der Waals surface area contributed by atoms with Crippen LogP contribution < -0.4 is 0 Å². The molecular weight excluding hydrogens is 269 g/mol. The molecule has 106 valence electrons. The second-order valence-electron chi connectivity index (χ2n) is 4.82. The molecule has 3 nitrogen and oxygen atoms in total. The molecule has 0 saturated carbocycles. The average Bonchev–Trinajstić information content (AvgIpc) is 2.41. The fourth-order valence-electron chi connectivity index (χ4n) is 2.38. The van der Waals surface area contributed by atoms with E-state index in [1.807, 2.05) is 0 Å². The van der Waals surface area contributed by atoms with Crippen LogP contribution in [0.2, 0.25) is 5.02 Å². The molecule has 1 aromatic carbocycles. The van der Waals surface area contributed by atoms with Gasteiger partial charge < -0.3 is 9.84 Å². The van der Waals surface area contributed by atoms with Gasteiger partial charge in [-0.05, 0) is 31.2 Å². The SMILES string of the molecule is CCCN1CCOC(C(O)c2cc(F)ccc2Cl)C1. The zero-order valence-electron chi connectivity index (χ0n) is 11.0. The molecule has 0 aromatic heterocycles. The number of aliphatic hydroxyl groups is 1. The predicted octanol–water partition coefficient (Wildman–Crippen LogP) is 2.62. The summed E-state index contributed by atoms with van der Waals surface area (Å²) < 4.78 is 18.8. The molecule has 1 aliphatic rings. The van der Waals surface area contributed by atoms with Crippen molar-refractivity contribution in [3.05, 3.63) is 34.6 Å². The standard InChI is InChI=1S/C14H19ClFNO2/c1-2-5-17-6-7-19-13(9-17)14(18)11-8-10(16)3-4-12(11)15/h3-4,8,13-14,18H,2,5-7,9H2,1H3. The van der Waals surface area contributed by atoms with Gasteiger partial charge in [-0.25, -0.2) is 4.39 Å². The van der Waals surface area contributed by atoms with E-state index in [0.717, 1.165) is 19.5 Å². The number of ether oxygens (including phenoxy) is 1. The van der Waals surface area contributed by atoms with Crippen LogP contribution in [0.3, 0.4) is 0 Å². The number of aliphatic hydroxyl groups excluding tert-OH is 1. The largest absolute Gasteiger partial charge is 0.386 e. The number of morpholine rings is 1. The van der Waals surface area contributed by atoms with Gasteiger partial charge in [-0.1, -0.05) is 18.5 Å². The van der Waals surface area contributed by atoms with Crippen LogP contribution in [0.15, 0.2) is 18.2 Å². The van der Waals surface area contributed by atoms with Crippen LogP contribution in [0.4, 0.5) is 4.39 Å². The first-order chi connectivity index (χ1) is 9.11. The number of hydrogen-bond donors (Lipinski definition) is 1. The molecule has 1 N–H and O–H groups in total. The van der Waals surface area contributed by atoms with Gasteiger partial charge >= 0.3 is 0 Å². The van der Waals surface area contributed by atoms with E-state index < -0.39 is 11.9 Å². The number of benzene rings is 1. The highest BCUT2D eigenvalue weighted by Gasteiger charge is 2.29. The van der Waals surface area contributed by atoms with Crippen LogP contribution in [-0.2, 0) is 4.74 Å². The minimum Gasteiger partial charge on any atom is -0.386 e. The summed E-state index contributed by atoms with van der Waals surface area (Å²) in [4.78, 5) is 2.24. The van der Waals surface area contributed by atoms with E-state index in [0.29, 0.717) is 23.7 Å². The molecule has 5 heteroatoms. The van der Waals surface area contributed by atoms with Crippen LogP contribution >= 0.6 is 11.6 Å². The Labute approximate surface area is 117 Å². The van der Waals surface area contributed by atoms with Crippen molar-refractivity contribution in [3.8, 4) is 0 Å². The lowest BCUT2D eigenvalue weighted by atomic mass is 10.0. The fourth-order valence-corrected chi connectivity index (χ4v) is 2.61. The molecule has 1 heterocycles. The van der Waals surface area contributed by atoms with Crippen molar-refractivity contribution >= 4 is 11.6 Å². The number of rotatable bonds is 4. The maximum absolute atomic E-state index is 13.3. The summed E-state index contributed by atoms with van der Waals surface area (Å²) in [5.41, 5.74) is 0.394. The van der Waals surface area contributed by atoms with Crippen LogP contribution in [0.25, 0.3) is 0 Å². The maximum atomic E-state index is 13.3. The third-order valence-corrected chi connectivity index (χ3v) is 3.69. The topological polar surface area (TPSA) is 32.7 Å². The van der Waals surface area contributed by atoms with E-state index in [1.165, 1.54) is 18.2 Å². The quantitative estimate of drug-likeness (QED) is 0.924. The molecule has 19 heavy (non-hydrogen) atoms. The Morgan fingerprint density at radius 3 is 3.11 bits per heavy atom. The second-order valence-corrected chi connectivity index (χ2v) is 5.23. The van der Waals surface area contributed by atoms with E-state index in [-0.39, 0.29) is 6.10 Å². The maximum Gasteiger partial charge on any atom is 0.123 e. The third kappa shape index (κ3) is 3.66. The van der Waals surface area contributed by atoms with Crippen molar-refractivity contribution in [1.82, 2.24) is 4.90 Å². The van der Waals surface area contributed by atoms with E-state index in [1.54, 1.807) is 0 Å². The molecule has 0 radical (unpaired) electrons. The van der Waals surface area contributed by atoms with Crippen molar-refractivity contribution < 1.29 is 14.2 Å². The Hall–Kier alpha value is -0.680. The molecule has 1 fully saturated rings. The van der Waals surface area contributed by atoms with Crippen LogP contribution in [0.5, 0.6) is 0 Å². The first kappa shape index (κ1) is 14.7. The highest BCUT2D eigenvalue weighted by atomic mass is 35.5. The van der Waals surface area contributed by atoms with Gasteiger partial charge in [0.05, 0.1) is 6.61 Å². The van der Waals surface area contributed by atoms with E-state index >= 15 is 0 Å². The first-order valence-electron chi connectivity index (χ1n) is 6.58. The van der Waals surface area contributed by atoms with E-state index in [9.17, 15) is 9.50 Å². The molecule has 2 unspecified atom stereocenters. The summed E-state index contributed by atoms with van der Waals surface area (Å²) in [5.74, 6) is -0.403. The number of halogens is 2. The molecule has 0 spiro atoms. The second kappa shape index (κ2) is 6.66. The smallest absolute Gasteiger partial charge is 0.123 e. The number of hydrogen-bond acceptors (Lipinski definition) is 3. The molecule has 0 aliphatic carbocycles. The van der Waals surface area contributed by atoms with Crippen LogP contribution in [0.1, 0.15) is 25.0 Å². The summed E-state index contributed by atoms with van der Waals surface area (Å²) >= 11 is 6.01. The van der Waals surface area contributed by atoms with Crippen molar-refractivity contribution in [2.75, 3.05) is 26.2 Å². The van der Waals surface area contributed by atoms with Gasteiger partial charge in [-0.2, -0.15) is 0 Å². The Morgan fingerprint density at radius 2 is 2.37 bits per heavy atom. The van der Waals surface area contributed by atoms with Crippen LogP contribution in [0, 0.1) is 5.82 Å². The van der Waals surface area contributed by atoms with Crippen molar-refractivity contribution in [2.45, 2.75) is 25.6 Å². The first-order valence-corrected chi connectivity index (χ1v) is 6.96. The summed E-state index contributed by atoms with van der Waals surface area (Å²) in [5, 5.41) is 10.7. The lowest BCUT2D eigenvalue weighted by Crippen LogP contribution is -2.45. The zero-order valence-corrected chi connectivity index (χ0v) is 11.7. The summed E-state index contributed by atoms with van der Waals surface area (Å²) in [6, 6.07) is 4.01. The van der Waals surface area contributed by atoms with Gasteiger partial charge in [0.15, 0.2) is 0 Å². The lowest BCUT2D eigenvalue weighted by molar-refractivity contribution is -0.0898. The molecule has 2 rings (SSSR count). The van der Waals surface area contributed by atoms with Gasteiger partial charge in [-0.15, -0.1) is 0 Å². The molecule has 1 saturated heterocycles. The highest BCUT2D eigenvalue weighted by Crippen LogP contribution is 2.28. The van der Waals surface area contributed by atoms with Gasteiger partial charge in [0, 0.05) is 23.7 Å². The Kier molecular flexibility index (Phi) is 5.16. The molecule has 1 aromatic rings. The van der Waals surface area contributed by atoms with Gasteiger partial charge in [0.25, 0.3) is 0 Å². The zero-order chi connectivity index (χ0) is 13.8. The summed E-state index contributed by atoms with van der Waals surface area (Å²) in [6.45, 7) is 5.18. The Morgan fingerprint density at radius 1 is 1.58 bits per heavy atom. The molecule has 0 amide bonds. The molecular formula is C14H19ClFNO2. The Balaban J connectivity index is 2.10. The van der Waals surface area contributed by atoms with Crippen molar-refractivity contribution in [1.29, 1.82) is 0 Å². The summed E-state index contributed by atoms with van der Waals surface area (Å²) in [7, 11) is 0. The molecule has 2 atom stereocenters. The lowest BCUT2D eigenvalue weighted by Gasteiger charge is -2.35. The van der Waals surface area contributed by atoms with Gasteiger partial charge in [0.1, 0.15) is 18.0 Å². The third-order valence-electron chi connectivity index (χ3n) is 3.35. The van der Waals surface area contributed by atoms with Gasteiger partial charge in [-0.3, -0.25) is 4.90 Å². The van der Waals surface area contributed by atoms with Crippen molar-refractivity contribution in [3.63, 3.8) is 0 Å². The monoisotopic (exact) mass is 287 g/mol. The number of nitrogens with zero attached hydrogens (tertiary/aromatic N) is 1.